The summed E-state index contributed by atoms with van der Waals surface area (Å²) in [5.74, 6) is -0.855. The summed E-state index contributed by atoms with van der Waals surface area (Å²) in [6.07, 6.45) is 1.11. The van der Waals surface area contributed by atoms with Crippen LogP contribution in [0.15, 0.2) is 60.7 Å². The number of carbonyl (C=O) groups excluding carboxylic acids is 3. The van der Waals surface area contributed by atoms with E-state index in [2.05, 4.69) is 0 Å². The fraction of sp³-hybridized carbons (Fsp3) is 0.286. The van der Waals surface area contributed by atoms with Crippen LogP contribution in [0.1, 0.15) is 33.6 Å². The van der Waals surface area contributed by atoms with E-state index in [1.807, 2.05) is 24.3 Å². The van der Waals surface area contributed by atoms with Gasteiger partial charge in [0, 0.05) is 24.2 Å². The Bertz CT molecular complexity index is 765. The number of hydrogen-bond acceptors (Lipinski definition) is 4. The zero-order valence-electron chi connectivity index (χ0n) is 14.5. The second kappa shape index (κ2) is 8.43. The lowest BCUT2D eigenvalue weighted by Gasteiger charge is -2.31. The van der Waals surface area contributed by atoms with Crippen LogP contribution in [-0.2, 0) is 9.53 Å². The molecule has 0 saturated carbocycles. The highest BCUT2D eigenvalue weighted by molar-refractivity contribution is 5.98. The van der Waals surface area contributed by atoms with Crippen molar-refractivity contribution in [2.24, 2.45) is 5.92 Å². The van der Waals surface area contributed by atoms with Crippen LogP contribution in [0.5, 0.6) is 0 Å². The predicted octanol–water partition coefficient (Wildman–Crippen LogP) is 2.96. The summed E-state index contributed by atoms with van der Waals surface area (Å²) in [6, 6.07) is 17.9. The van der Waals surface area contributed by atoms with Crippen LogP contribution in [0.4, 0.5) is 0 Å². The number of likely N-dealkylation sites (tertiary alicyclic amines) is 1. The summed E-state index contributed by atoms with van der Waals surface area (Å²) < 4.78 is 5.19. The van der Waals surface area contributed by atoms with Gasteiger partial charge in [0.15, 0.2) is 12.4 Å². The molecule has 1 heterocycles. The number of piperidine rings is 1. The molecule has 0 atom stereocenters. The van der Waals surface area contributed by atoms with Gasteiger partial charge in [-0.3, -0.25) is 14.4 Å². The molecule has 5 nitrogen and oxygen atoms in total. The van der Waals surface area contributed by atoms with Gasteiger partial charge in [-0.1, -0.05) is 48.5 Å². The van der Waals surface area contributed by atoms with E-state index in [9.17, 15) is 14.4 Å². The lowest BCUT2D eigenvalue weighted by Crippen LogP contribution is -2.40. The molecule has 1 saturated heterocycles. The molecule has 3 rings (SSSR count). The van der Waals surface area contributed by atoms with E-state index < -0.39 is 0 Å². The van der Waals surface area contributed by atoms with Crippen molar-refractivity contribution in [2.45, 2.75) is 12.8 Å². The Morgan fingerprint density at radius 3 is 1.96 bits per heavy atom. The maximum absolute atomic E-state index is 12.4. The molecule has 5 heteroatoms. The lowest BCUT2D eigenvalue weighted by atomic mass is 9.96. The molecule has 0 aromatic heterocycles. The minimum Gasteiger partial charge on any atom is -0.457 e. The highest BCUT2D eigenvalue weighted by Gasteiger charge is 2.29. The summed E-state index contributed by atoms with van der Waals surface area (Å²) in [5.41, 5.74) is 1.19. The second-order valence-electron chi connectivity index (χ2n) is 6.33. The first-order chi connectivity index (χ1) is 12.6. The normalized spacial score (nSPS) is 14.7. The number of esters is 1. The van der Waals surface area contributed by atoms with Crippen LogP contribution < -0.4 is 0 Å². The fourth-order valence-electron chi connectivity index (χ4n) is 3.04. The van der Waals surface area contributed by atoms with Crippen molar-refractivity contribution in [2.75, 3.05) is 19.7 Å². The summed E-state index contributed by atoms with van der Waals surface area (Å²) in [4.78, 5) is 38.4. The molecule has 0 spiro atoms. The third kappa shape index (κ3) is 4.36. The van der Waals surface area contributed by atoms with E-state index in [0.717, 1.165) is 0 Å². The molecule has 2 aromatic rings. The van der Waals surface area contributed by atoms with Gasteiger partial charge in [-0.15, -0.1) is 0 Å². The van der Waals surface area contributed by atoms with Crippen molar-refractivity contribution in [1.82, 2.24) is 4.90 Å². The standard InChI is InChI=1S/C21H21NO4/c23-19(16-7-3-1-4-8-16)15-26-21(25)18-11-13-22(14-12-18)20(24)17-9-5-2-6-10-17/h1-10,18H,11-15H2. The highest BCUT2D eigenvalue weighted by Crippen LogP contribution is 2.20. The summed E-state index contributed by atoms with van der Waals surface area (Å²) in [7, 11) is 0. The molecule has 0 radical (unpaired) electrons. The maximum Gasteiger partial charge on any atom is 0.309 e. The molecule has 0 aliphatic carbocycles. The van der Waals surface area contributed by atoms with Crippen molar-refractivity contribution in [1.29, 1.82) is 0 Å². The van der Waals surface area contributed by atoms with Gasteiger partial charge in [0.25, 0.3) is 5.91 Å². The summed E-state index contributed by atoms with van der Waals surface area (Å²) in [6.45, 7) is 0.784. The number of ketones is 1. The van der Waals surface area contributed by atoms with Gasteiger partial charge in [0.05, 0.1) is 5.92 Å². The van der Waals surface area contributed by atoms with E-state index >= 15 is 0 Å². The van der Waals surface area contributed by atoms with E-state index in [0.29, 0.717) is 37.1 Å². The molecule has 1 aliphatic rings. The smallest absolute Gasteiger partial charge is 0.309 e. The first kappa shape index (κ1) is 17.9. The topological polar surface area (TPSA) is 63.7 Å². The largest absolute Gasteiger partial charge is 0.457 e. The quantitative estimate of drug-likeness (QED) is 0.614. The summed E-state index contributed by atoms with van der Waals surface area (Å²) >= 11 is 0. The Kier molecular flexibility index (Phi) is 5.79. The highest BCUT2D eigenvalue weighted by atomic mass is 16.5. The Balaban J connectivity index is 1.46. The van der Waals surface area contributed by atoms with Gasteiger partial charge in [-0.25, -0.2) is 0 Å². The van der Waals surface area contributed by atoms with Crippen molar-refractivity contribution in [3.8, 4) is 0 Å². The Morgan fingerprint density at radius 1 is 0.846 bits per heavy atom. The third-order valence-electron chi connectivity index (χ3n) is 4.58. The SMILES string of the molecule is O=C(COC(=O)C1CCN(C(=O)c2ccccc2)CC1)c1ccccc1. The van der Waals surface area contributed by atoms with Crippen LogP contribution in [0.25, 0.3) is 0 Å². The monoisotopic (exact) mass is 351 g/mol. The molecule has 0 N–H and O–H groups in total. The Labute approximate surface area is 152 Å². The number of hydrogen-bond donors (Lipinski definition) is 0. The molecule has 26 heavy (non-hydrogen) atoms. The van der Waals surface area contributed by atoms with Crippen LogP contribution in [0.3, 0.4) is 0 Å². The number of carbonyl (C=O) groups is 3. The van der Waals surface area contributed by atoms with Gasteiger partial charge < -0.3 is 9.64 Å². The average Bonchev–Trinajstić information content (AvgIpc) is 2.72. The molecule has 1 aliphatic heterocycles. The third-order valence-corrected chi connectivity index (χ3v) is 4.58. The van der Waals surface area contributed by atoms with Gasteiger partial charge in [0.1, 0.15) is 0 Å². The Hall–Kier alpha value is -2.95. The average molecular weight is 351 g/mol. The minimum absolute atomic E-state index is 0.0170. The molecule has 134 valence electrons. The zero-order valence-corrected chi connectivity index (χ0v) is 14.5. The molecular formula is C21H21NO4. The predicted molar refractivity (Wildman–Crippen MR) is 96.8 cm³/mol. The van der Waals surface area contributed by atoms with E-state index in [1.54, 1.807) is 41.3 Å². The van der Waals surface area contributed by atoms with Crippen molar-refractivity contribution >= 4 is 17.7 Å². The number of amides is 1. The number of rotatable bonds is 5. The number of nitrogens with zero attached hydrogens (tertiary/aromatic N) is 1. The van der Waals surface area contributed by atoms with Crippen LogP contribution in [-0.4, -0.2) is 42.3 Å². The second-order valence-corrected chi connectivity index (χ2v) is 6.33. The fourth-order valence-corrected chi connectivity index (χ4v) is 3.04. The van der Waals surface area contributed by atoms with E-state index in [-0.39, 0.29) is 30.2 Å². The van der Waals surface area contributed by atoms with Crippen LogP contribution in [0.2, 0.25) is 0 Å². The van der Waals surface area contributed by atoms with Gasteiger partial charge in [0.2, 0.25) is 0 Å². The van der Waals surface area contributed by atoms with Crippen LogP contribution in [0, 0.1) is 5.92 Å². The molecule has 1 amide bonds. The zero-order chi connectivity index (χ0) is 18.4. The number of ether oxygens (including phenoxy) is 1. The molecule has 0 bridgehead atoms. The van der Waals surface area contributed by atoms with E-state index in [1.165, 1.54) is 0 Å². The Morgan fingerprint density at radius 2 is 1.38 bits per heavy atom. The molecule has 2 aromatic carbocycles. The molecule has 0 unspecified atom stereocenters. The number of benzene rings is 2. The lowest BCUT2D eigenvalue weighted by molar-refractivity contribution is -0.148. The number of Topliss-reactive ketones (excluding diaryl/α,β-unsaturated/α-hetero) is 1. The first-order valence-corrected chi connectivity index (χ1v) is 8.74. The maximum atomic E-state index is 12.4. The van der Waals surface area contributed by atoms with Gasteiger partial charge in [-0.05, 0) is 25.0 Å². The van der Waals surface area contributed by atoms with Crippen molar-refractivity contribution in [3.05, 3.63) is 71.8 Å². The first-order valence-electron chi connectivity index (χ1n) is 8.74. The van der Waals surface area contributed by atoms with Crippen molar-refractivity contribution in [3.63, 3.8) is 0 Å². The van der Waals surface area contributed by atoms with Crippen molar-refractivity contribution < 1.29 is 19.1 Å². The van der Waals surface area contributed by atoms with Crippen LogP contribution >= 0.6 is 0 Å². The van der Waals surface area contributed by atoms with Gasteiger partial charge in [-0.2, -0.15) is 0 Å². The summed E-state index contributed by atoms with van der Waals surface area (Å²) in [5, 5.41) is 0. The van der Waals surface area contributed by atoms with Gasteiger partial charge >= 0.3 is 5.97 Å². The van der Waals surface area contributed by atoms with E-state index in [4.69, 9.17) is 4.74 Å². The minimum atomic E-state index is -0.360. The molecular weight excluding hydrogens is 330 g/mol. The molecule has 1 fully saturated rings.